The first-order valence-electron chi connectivity index (χ1n) is 5.15. The molecule has 0 aliphatic heterocycles. The molecule has 17 heavy (non-hydrogen) atoms. The van der Waals surface area contributed by atoms with Gasteiger partial charge in [-0.25, -0.2) is 4.79 Å². The predicted octanol–water partition coefficient (Wildman–Crippen LogP) is 0.574. The number of anilines is 1. The van der Waals surface area contributed by atoms with Gasteiger partial charge in [0.1, 0.15) is 17.4 Å². The molecule has 0 aliphatic rings. The molecule has 2 aromatic rings. The molecule has 0 saturated heterocycles. The average molecular weight is 229 g/mol. The first-order chi connectivity index (χ1) is 8.10. The Kier molecular flexibility index (Phi) is 2.52. The van der Waals surface area contributed by atoms with E-state index in [4.69, 9.17) is 11.0 Å². The average Bonchev–Trinajstić information content (AvgIpc) is 2.31. The van der Waals surface area contributed by atoms with Crippen LogP contribution in [0, 0.1) is 18.3 Å². The van der Waals surface area contributed by atoms with Crippen molar-refractivity contribution in [1.29, 1.82) is 5.26 Å². The SMILES string of the molecule is CCn1c(N)c2c(C#N)cnc(C)c2nc1=O. The summed E-state index contributed by atoms with van der Waals surface area (Å²) in [6, 6.07) is 2.01. The molecule has 0 aromatic carbocycles. The predicted molar refractivity (Wildman–Crippen MR) is 63.3 cm³/mol. The molecular formula is C11H11N5O. The van der Waals surface area contributed by atoms with Gasteiger partial charge in [0.2, 0.25) is 0 Å². The number of nitrogens with two attached hydrogens (primary N) is 1. The van der Waals surface area contributed by atoms with Crippen molar-refractivity contribution >= 4 is 16.7 Å². The second kappa shape index (κ2) is 3.87. The van der Waals surface area contributed by atoms with Crippen molar-refractivity contribution in [3.63, 3.8) is 0 Å². The molecule has 0 radical (unpaired) electrons. The fourth-order valence-corrected chi connectivity index (χ4v) is 1.78. The normalized spacial score (nSPS) is 10.4. The van der Waals surface area contributed by atoms with E-state index in [2.05, 4.69) is 9.97 Å². The van der Waals surface area contributed by atoms with Crippen LogP contribution in [-0.4, -0.2) is 14.5 Å². The van der Waals surface area contributed by atoms with E-state index in [1.54, 1.807) is 13.8 Å². The maximum atomic E-state index is 11.7. The second-order valence-corrected chi connectivity index (χ2v) is 3.62. The Balaban J connectivity index is 3.08. The van der Waals surface area contributed by atoms with E-state index in [-0.39, 0.29) is 5.82 Å². The van der Waals surface area contributed by atoms with E-state index in [1.165, 1.54) is 10.8 Å². The van der Waals surface area contributed by atoms with Crippen LogP contribution in [-0.2, 0) is 6.54 Å². The lowest BCUT2D eigenvalue weighted by Crippen LogP contribution is -2.25. The number of hydrogen-bond acceptors (Lipinski definition) is 5. The van der Waals surface area contributed by atoms with Gasteiger partial charge in [0.25, 0.3) is 0 Å². The van der Waals surface area contributed by atoms with E-state index in [0.717, 1.165) is 0 Å². The maximum Gasteiger partial charge on any atom is 0.349 e. The van der Waals surface area contributed by atoms with Crippen LogP contribution in [0.2, 0.25) is 0 Å². The third-order valence-electron chi connectivity index (χ3n) is 2.66. The van der Waals surface area contributed by atoms with Crippen molar-refractivity contribution in [2.75, 3.05) is 5.73 Å². The Labute approximate surface area is 97.3 Å². The highest BCUT2D eigenvalue weighted by molar-refractivity contribution is 5.93. The minimum absolute atomic E-state index is 0.268. The van der Waals surface area contributed by atoms with E-state index >= 15 is 0 Å². The Morgan fingerprint density at radius 3 is 2.88 bits per heavy atom. The maximum absolute atomic E-state index is 11.7. The fourth-order valence-electron chi connectivity index (χ4n) is 1.78. The van der Waals surface area contributed by atoms with E-state index in [0.29, 0.717) is 28.7 Å². The minimum atomic E-state index is -0.419. The van der Waals surface area contributed by atoms with E-state index in [1.807, 2.05) is 6.07 Å². The molecular weight excluding hydrogens is 218 g/mol. The Morgan fingerprint density at radius 1 is 1.59 bits per heavy atom. The van der Waals surface area contributed by atoms with Gasteiger partial charge in [0.05, 0.1) is 16.6 Å². The lowest BCUT2D eigenvalue weighted by molar-refractivity contribution is 0.719. The fraction of sp³-hybridized carbons (Fsp3) is 0.273. The number of fused-ring (bicyclic) bond motifs is 1. The summed E-state index contributed by atoms with van der Waals surface area (Å²) < 4.78 is 1.34. The van der Waals surface area contributed by atoms with Crippen LogP contribution in [0.25, 0.3) is 10.9 Å². The number of nitrogens with zero attached hydrogens (tertiary/aromatic N) is 4. The van der Waals surface area contributed by atoms with Gasteiger partial charge < -0.3 is 5.73 Å². The molecule has 6 nitrogen and oxygen atoms in total. The summed E-state index contributed by atoms with van der Waals surface area (Å²) in [4.78, 5) is 19.7. The highest BCUT2D eigenvalue weighted by Gasteiger charge is 2.13. The molecule has 6 heteroatoms. The molecule has 0 amide bonds. The summed E-state index contributed by atoms with van der Waals surface area (Å²) in [5, 5.41) is 9.52. The summed E-state index contributed by atoms with van der Waals surface area (Å²) in [5.74, 6) is 0.268. The van der Waals surface area contributed by atoms with Gasteiger partial charge in [-0.15, -0.1) is 0 Å². The van der Waals surface area contributed by atoms with Crippen molar-refractivity contribution in [3.8, 4) is 6.07 Å². The number of aryl methyl sites for hydroxylation is 1. The van der Waals surface area contributed by atoms with Gasteiger partial charge >= 0.3 is 5.69 Å². The zero-order valence-corrected chi connectivity index (χ0v) is 9.56. The topological polar surface area (TPSA) is 97.6 Å². The Bertz CT molecular complexity index is 696. The summed E-state index contributed by atoms with van der Waals surface area (Å²) in [6.07, 6.45) is 1.44. The number of aromatic nitrogens is 3. The van der Waals surface area contributed by atoms with Crippen molar-refractivity contribution < 1.29 is 0 Å². The van der Waals surface area contributed by atoms with Crippen molar-refractivity contribution in [3.05, 3.63) is 27.9 Å². The Morgan fingerprint density at radius 2 is 2.29 bits per heavy atom. The van der Waals surface area contributed by atoms with Crippen LogP contribution in [0.15, 0.2) is 11.0 Å². The van der Waals surface area contributed by atoms with Gasteiger partial charge in [0, 0.05) is 12.7 Å². The third kappa shape index (κ3) is 1.52. The van der Waals surface area contributed by atoms with Crippen LogP contribution in [0.1, 0.15) is 18.2 Å². The molecule has 0 unspecified atom stereocenters. The molecule has 2 N–H and O–H groups in total. The molecule has 0 atom stereocenters. The first kappa shape index (κ1) is 11.1. The summed E-state index contributed by atoms with van der Waals surface area (Å²) >= 11 is 0. The quantitative estimate of drug-likeness (QED) is 0.771. The standard InChI is InChI=1S/C11H11N5O/c1-3-16-10(13)8-7(4-12)5-14-6(2)9(8)15-11(16)17/h5H,3,13H2,1-2H3. The molecule has 0 fully saturated rings. The summed E-state index contributed by atoms with van der Waals surface area (Å²) in [6.45, 7) is 3.94. The zero-order valence-electron chi connectivity index (χ0n) is 9.56. The lowest BCUT2D eigenvalue weighted by atomic mass is 10.1. The Hall–Kier alpha value is -2.42. The molecule has 0 aliphatic carbocycles. The third-order valence-corrected chi connectivity index (χ3v) is 2.66. The van der Waals surface area contributed by atoms with Gasteiger partial charge in [-0.3, -0.25) is 9.55 Å². The van der Waals surface area contributed by atoms with Crippen LogP contribution in [0.3, 0.4) is 0 Å². The molecule has 0 bridgehead atoms. The first-order valence-corrected chi connectivity index (χ1v) is 5.15. The largest absolute Gasteiger partial charge is 0.384 e. The number of rotatable bonds is 1. The van der Waals surface area contributed by atoms with Gasteiger partial charge in [-0.2, -0.15) is 10.2 Å². The number of hydrogen-bond donors (Lipinski definition) is 1. The van der Waals surface area contributed by atoms with Crippen LogP contribution in [0.4, 0.5) is 5.82 Å². The van der Waals surface area contributed by atoms with E-state index < -0.39 is 5.69 Å². The molecule has 2 aromatic heterocycles. The molecule has 0 saturated carbocycles. The molecule has 2 rings (SSSR count). The number of nitrogen functional groups attached to an aromatic ring is 1. The highest BCUT2D eigenvalue weighted by Crippen LogP contribution is 2.22. The molecule has 0 spiro atoms. The molecule has 86 valence electrons. The van der Waals surface area contributed by atoms with Gasteiger partial charge in [0.15, 0.2) is 0 Å². The van der Waals surface area contributed by atoms with Crippen molar-refractivity contribution in [2.45, 2.75) is 20.4 Å². The van der Waals surface area contributed by atoms with Gasteiger partial charge in [-0.1, -0.05) is 0 Å². The summed E-state index contributed by atoms with van der Waals surface area (Å²) in [5.41, 5.74) is 6.82. The monoisotopic (exact) mass is 229 g/mol. The second-order valence-electron chi connectivity index (χ2n) is 3.62. The lowest BCUT2D eigenvalue weighted by Gasteiger charge is -2.10. The minimum Gasteiger partial charge on any atom is -0.384 e. The number of pyridine rings is 1. The van der Waals surface area contributed by atoms with Crippen LogP contribution in [0.5, 0.6) is 0 Å². The van der Waals surface area contributed by atoms with Gasteiger partial charge in [-0.05, 0) is 13.8 Å². The highest BCUT2D eigenvalue weighted by atomic mass is 16.1. The van der Waals surface area contributed by atoms with E-state index in [9.17, 15) is 4.79 Å². The van der Waals surface area contributed by atoms with Crippen molar-refractivity contribution in [2.24, 2.45) is 0 Å². The smallest absolute Gasteiger partial charge is 0.349 e. The van der Waals surface area contributed by atoms with Crippen LogP contribution >= 0.6 is 0 Å². The van der Waals surface area contributed by atoms with Crippen molar-refractivity contribution in [1.82, 2.24) is 14.5 Å². The molecule has 2 heterocycles. The number of nitriles is 1. The summed E-state index contributed by atoms with van der Waals surface area (Å²) in [7, 11) is 0. The van der Waals surface area contributed by atoms with Crippen LogP contribution < -0.4 is 11.4 Å². The zero-order chi connectivity index (χ0) is 12.6.